The molecule has 0 spiro atoms. The largest absolute Gasteiger partial charge is 0.465 e. The quantitative estimate of drug-likeness (QED) is 0.428. The second kappa shape index (κ2) is 2.23. The SMILES string of the molecule is O=C1OC[C@@H]2C[C@@H]3[C@@H]([C@@H]12)[C@H]1C=C[C@H]3C1. The van der Waals surface area contributed by atoms with Crippen molar-refractivity contribution in [1.82, 2.24) is 0 Å². The first kappa shape index (κ1) is 7.49. The normalized spacial score (nSPS) is 57.6. The topological polar surface area (TPSA) is 26.3 Å². The molecular formula is C12H14O2. The summed E-state index contributed by atoms with van der Waals surface area (Å²) in [6.45, 7) is 0.704. The fourth-order valence-corrected chi connectivity index (χ4v) is 4.44. The maximum Gasteiger partial charge on any atom is 0.309 e. The highest BCUT2D eigenvalue weighted by atomic mass is 16.5. The lowest BCUT2D eigenvalue weighted by Crippen LogP contribution is -2.24. The summed E-state index contributed by atoms with van der Waals surface area (Å²) in [6, 6.07) is 0. The molecule has 0 radical (unpaired) electrons. The summed E-state index contributed by atoms with van der Waals surface area (Å²) in [7, 11) is 0. The Balaban J connectivity index is 1.76. The van der Waals surface area contributed by atoms with Gasteiger partial charge in [-0.15, -0.1) is 0 Å². The number of ether oxygens (including phenoxy) is 1. The van der Waals surface area contributed by atoms with Crippen LogP contribution in [0.1, 0.15) is 12.8 Å². The van der Waals surface area contributed by atoms with E-state index in [0.717, 1.165) is 11.8 Å². The van der Waals surface area contributed by atoms with Crippen LogP contribution in [-0.2, 0) is 9.53 Å². The van der Waals surface area contributed by atoms with Crippen molar-refractivity contribution in [2.24, 2.45) is 35.5 Å². The third-order valence-corrected chi connectivity index (χ3v) is 4.90. The van der Waals surface area contributed by atoms with E-state index in [9.17, 15) is 4.79 Å². The van der Waals surface area contributed by atoms with E-state index in [1.807, 2.05) is 0 Å². The maximum atomic E-state index is 11.6. The minimum Gasteiger partial charge on any atom is -0.465 e. The van der Waals surface area contributed by atoms with Crippen LogP contribution in [0.3, 0.4) is 0 Å². The van der Waals surface area contributed by atoms with Gasteiger partial charge >= 0.3 is 5.97 Å². The van der Waals surface area contributed by atoms with Crippen LogP contribution in [0.15, 0.2) is 12.2 Å². The molecule has 6 atom stereocenters. The van der Waals surface area contributed by atoms with Gasteiger partial charge in [0.2, 0.25) is 0 Å². The monoisotopic (exact) mass is 190 g/mol. The zero-order chi connectivity index (χ0) is 9.28. The van der Waals surface area contributed by atoms with Gasteiger partial charge in [-0.25, -0.2) is 0 Å². The lowest BCUT2D eigenvalue weighted by Gasteiger charge is -2.23. The van der Waals surface area contributed by atoms with Crippen molar-refractivity contribution in [3.8, 4) is 0 Å². The second-order valence-corrected chi connectivity index (χ2v) is 5.34. The Kier molecular flexibility index (Phi) is 1.20. The molecule has 2 heteroatoms. The van der Waals surface area contributed by atoms with Gasteiger partial charge in [0.25, 0.3) is 0 Å². The number of carbonyl (C=O) groups excluding carboxylic acids is 1. The molecule has 1 heterocycles. The van der Waals surface area contributed by atoms with Crippen LogP contribution in [0.25, 0.3) is 0 Å². The molecular weight excluding hydrogens is 176 g/mol. The fraction of sp³-hybridized carbons (Fsp3) is 0.750. The van der Waals surface area contributed by atoms with Crippen molar-refractivity contribution in [2.75, 3.05) is 6.61 Å². The highest BCUT2D eigenvalue weighted by Crippen LogP contribution is 2.61. The molecule has 74 valence electrons. The fourth-order valence-electron chi connectivity index (χ4n) is 4.44. The molecule has 1 aliphatic heterocycles. The van der Waals surface area contributed by atoms with Crippen LogP contribution >= 0.6 is 0 Å². The summed E-state index contributed by atoms with van der Waals surface area (Å²) >= 11 is 0. The van der Waals surface area contributed by atoms with Crippen LogP contribution in [-0.4, -0.2) is 12.6 Å². The average molecular weight is 190 g/mol. The highest BCUT2D eigenvalue weighted by molar-refractivity contribution is 5.76. The molecule has 4 rings (SSSR count). The molecule has 3 fully saturated rings. The molecule has 2 bridgehead atoms. The molecule has 0 amide bonds. The molecule has 0 aromatic carbocycles. The van der Waals surface area contributed by atoms with Crippen molar-refractivity contribution >= 4 is 5.97 Å². The van der Waals surface area contributed by atoms with Gasteiger partial charge in [0.1, 0.15) is 0 Å². The molecule has 0 aromatic heterocycles. The molecule has 1 saturated heterocycles. The van der Waals surface area contributed by atoms with Crippen LogP contribution in [0.4, 0.5) is 0 Å². The third kappa shape index (κ3) is 0.688. The molecule has 0 aromatic rings. The van der Waals surface area contributed by atoms with Gasteiger partial charge in [0.15, 0.2) is 0 Å². The number of allylic oxidation sites excluding steroid dienone is 2. The second-order valence-electron chi connectivity index (χ2n) is 5.34. The predicted octanol–water partition coefficient (Wildman–Crippen LogP) is 1.62. The van der Waals surface area contributed by atoms with E-state index in [0.29, 0.717) is 24.4 Å². The smallest absolute Gasteiger partial charge is 0.309 e. The standard InChI is InChI=1S/C12H14O2/c13-12-11-8(5-14-12)4-9-6-1-2-7(3-6)10(9)11/h1-2,6-11H,3-5H2/t6-,7-,8-,9-,10-,11-/m0/s1. The lowest BCUT2D eigenvalue weighted by molar-refractivity contribution is -0.143. The number of hydrogen-bond donors (Lipinski definition) is 0. The van der Waals surface area contributed by atoms with Gasteiger partial charge in [-0.2, -0.15) is 0 Å². The third-order valence-electron chi connectivity index (χ3n) is 4.90. The van der Waals surface area contributed by atoms with Crippen LogP contribution in [0.5, 0.6) is 0 Å². The van der Waals surface area contributed by atoms with Crippen LogP contribution < -0.4 is 0 Å². The maximum absolute atomic E-state index is 11.6. The van der Waals surface area contributed by atoms with Crippen molar-refractivity contribution in [2.45, 2.75) is 12.8 Å². The minimum absolute atomic E-state index is 0.100. The molecule has 2 saturated carbocycles. The van der Waals surface area contributed by atoms with E-state index in [2.05, 4.69) is 12.2 Å². The Morgan fingerprint density at radius 2 is 2.07 bits per heavy atom. The van der Waals surface area contributed by atoms with Gasteiger partial charge in [-0.1, -0.05) is 12.2 Å². The molecule has 3 aliphatic carbocycles. The molecule has 0 unspecified atom stereocenters. The number of hydrogen-bond acceptors (Lipinski definition) is 2. The highest BCUT2D eigenvalue weighted by Gasteiger charge is 2.59. The summed E-state index contributed by atoms with van der Waals surface area (Å²) in [5, 5.41) is 0. The Hall–Kier alpha value is -0.790. The summed E-state index contributed by atoms with van der Waals surface area (Å²) in [6.07, 6.45) is 7.29. The van der Waals surface area contributed by atoms with Crippen molar-refractivity contribution < 1.29 is 9.53 Å². The van der Waals surface area contributed by atoms with E-state index in [4.69, 9.17) is 4.74 Å². The van der Waals surface area contributed by atoms with Gasteiger partial charge < -0.3 is 4.74 Å². The van der Waals surface area contributed by atoms with E-state index in [-0.39, 0.29) is 11.9 Å². The first-order valence-corrected chi connectivity index (χ1v) is 5.69. The van der Waals surface area contributed by atoms with Gasteiger partial charge in [0.05, 0.1) is 12.5 Å². The zero-order valence-electron chi connectivity index (χ0n) is 8.06. The Morgan fingerprint density at radius 3 is 3.00 bits per heavy atom. The number of rotatable bonds is 0. The van der Waals surface area contributed by atoms with Crippen molar-refractivity contribution in [3.63, 3.8) is 0 Å². The number of fused-ring (bicyclic) bond motifs is 7. The zero-order valence-corrected chi connectivity index (χ0v) is 8.06. The van der Waals surface area contributed by atoms with Crippen LogP contribution in [0.2, 0.25) is 0 Å². The number of cyclic esters (lactones) is 1. The molecule has 4 aliphatic rings. The van der Waals surface area contributed by atoms with E-state index >= 15 is 0 Å². The van der Waals surface area contributed by atoms with Gasteiger partial charge in [0, 0.05) is 5.92 Å². The van der Waals surface area contributed by atoms with Crippen LogP contribution in [0, 0.1) is 35.5 Å². The Bertz CT molecular complexity index is 333. The molecule has 2 nitrogen and oxygen atoms in total. The van der Waals surface area contributed by atoms with Crippen molar-refractivity contribution in [3.05, 3.63) is 12.2 Å². The van der Waals surface area contributed by atoms with Crippen molar-refractivity contribution in [1.29, 1.82) is 0 Å². The predicted molar refractivity (Wildman–Crippen MR) is 50.3 cm³/mol. The summed E-state index contributed by atoms with van der Waals surface area (Å²) in [5.74, 6) is 3.87. The van der Waals surface area contributed by atoms with Gasteiger partial charge in [-0.05, 0) is 36.5 Å². The summed E-state index contributed by atoms with van der Waals surface area (Å²) in [4.78, 5) is 11.6. The first-order chi connectivity index (χ1) is 6.84. The first-order valence-electron chi connectivity index (χ1n) is 5.69. The average Bonchev–Trinajstić information content (AvgIpc) is 2.84. The number of esters is 1. The van der Waals surface area contributed by atoms with E-state index in [1.165, 1.54) is 12.8 Å². The summed E-state index contributed by atoms with van der Waals surface area (Å²) in [5.41, 5.74) is 0. The molecule has 0 N–H and O–H groups in total. The van der Waals surface area contributed by atoms with E-state index in [1.54, 1.807) is 0 Å². The Morgan fingerprint density at radius 1 is 1.21 bits per heavy atom. The minimum atomic E-state index is 0.100. The number of carbonyl (C=O) groups is 1. The lowest BCUT2D eigenvalue weighted by atomic mass is 9.81. The van der Waals surface area contributed by atoms with Gasteiger partial charge in [-0.3, -0.25) is 4.79 Å². The summed E-state index contributed by atoms with van der Waals surface area (Å²) < 4.78 is 5.17. The Labute approximate surface area is 83.3 Å². The molecule has 14 heavy (non-hydrogen) atoms. The van der Waals surface area contributed by atoms with E-state index < -0.39 is 0 Å².